The number of nitrogen functional groups attached to an aromatic ring is 1. The first kappa shape index (κ1) is 18.8. The van der Waals surface area contributed by atoms with Crippen molar-refractivity contribution in [1.29, 1.82) is 0 Å². The molecule has 1 aromatic heterocycles. The summed E-state index contributed by atoms with van der Waals surface area (Å²) in [6.07, 6.45) is 1.73. The van der Waals surface area contributed by atoms with E-state index in [1.807, 2.05) is 6.07 Å². The zero-order chi connectivity index (χ0) is 5.98. The van der Waals surface area contributed by atoms with E-state index in [2.05, 4.69) is 27.6 Å². The summed E-state index contributed by atoms with van der Waals surface area (Å²) in [7, 11) is 0. The van der Waals surface area contributed by atoms with Crippen molar-refractivity contribution in [3.05, 3.63) is 21.9 Å². The van der Waals surface area contributed by atoms with Crippen LogP contribution in [-0.4, -0.2) is 4.98 Å². The maximum atomic E-state index is 5.31. The Morgan fingerprint density at radius 1 is 1.27 bits per heavy atom. The van der Waals surface area contributed by atoms with E-state index in [-0.39, 0.29) is 75.6 Å². The van der Waals surface area contributed by atoms with Crippen LogP contribution in [0.4, 0.5) is 5.82 Å². The topological polar surface area (TPSA) is 38.9 Å². The third-order valence-corrected chi connectivity index (χ3v) is 1.39. The van der Waals surface area contributed by atoms with Crippen LogP contribution in [0.5, 0.6) is 0 Å². The summed E-state index contributed by atoms with van der Waals surface area (Å²) in [4.78, 5) is 3.85. The summed E-state index contributed by atoms with van der Waals surface area (Å²) in [5.74, 6) is 0.574. The summed E-state index contributed by atoms with van der Waals surface area (Å²) >= 11 is 2.18. The van der Waals surface area contributed by atoms with Crippen LogP contribution >= 0.6 is 22.6 Å². The van der Waals surface area contributed by atoms with Gasteiger partial charge in [-0.25, -0.2) is 4.98 Å². The van der Waals surface area contributed by atoms with Crippen LogP contribution in [0.1, 0.15) is 0 Å². The van der Waals surface area contributed by atoms with Crippen LogP contribution in [0.15, 0.2) is 18.3 Å². The zero-order valence-corrected chi connectivity index (χ0v) is 17.6. The van der Waals surface area contributed by atoms with Crippen molar-refractivity contribution in [3.8, 4) is 0 Å². The second-order valence-corrected chi connectivity index (χ2v) is 2.65. The number of hydrogen-bond acceptors (Lipinski definition) is 2. The molecule has 0 atom stereocenters. The van der Waals surface area contributed by atoms with Crippen LogP contribution in [0.25, 0.3) is 0 Å². The van der Waals surface area contributed by atoms with Gasteiger partial charge < -0.3 is 53.7 Å². The fourth-order valence-electron chi connectivity index (χ4n) is 0.387. The predicted molar refractivity (Wildman–Crippen MR) is 41.4 cm³/mol. The molecule has 0 radical (unpaired) electrons. The van der Waals surface area contributed by atoms with Crippen molar-refractivity contribution in [1.82, 2.24) is 4.98 Å². The van der Waals surface area contributed by atoms with Gasteiger partial charge in [0, 0.05) is 9.77 Å². The molecule has 11 heavy (non-hydrogen) atoms. The van der Waals surface area contributed by atoms with E-state index in [1.54, 1.807) is 12.3 Å². The number of pyridine rings is 1. The van der Waals surface area contributed by atoms with Gasteiger partial charge in [-0.15, -0.1) is 0 Å². The minimum atomic E-state index is 0. The summed E-state index contributed by atoms with van der Waals surface area (Å²) in [5, 5.41) is 0. The molecule has 1 rings (SSSR count). The van der Waals surface area contributed by atoms with E-state index in [0.717, 1.165) is 3.57 Å². The van der Waals surface area contributed by atoms with Crippen molar-refractivity contribution in [3.63, 3.8) is 0 Å². The summed E-state index contributed by atoms with van der Waals surface area (Å²) in [6, 6.07) is 3.70. The average Bonchev–Trinajstić information content (AvgIpc) is 1.77. The molecule has 0 spiro atoms. The second kappa shape index (κ2) is 10.2. The molecule has 0 aliphatic rings. The Hall–Kier alpha value is 2.08. The number of halogens is 3. The van der Waals surface area contributed by atoms with Crippen LogP contribution in [0.2, 0.25) is 0 Å². The molecular weight excluding hydrogens is 669 g/mol. The van der Waals surface area contributed by atoms with E-state index in [9.17, 15) is 0 Å². The minimum absolute atomic E-state index is 0. The monoisotopic (exact) mass is 676 g/mol. The van der Waals surface area contributed by atoms with Crippen LogP contribution in [-0.2, 0) is 27.7 Å². The number of rotatable bonds is 0. The SMILES string of the molecule is Nc1ccc(I)cn1.[Hg+2].[I-].[I-]. The Labute approximate surface area is 134 Å². The fourth-order valence-corrected chi connectivity index (χ4v) is 0.706. The molecule has 0 bridgehead atoms. The van der Waals surface area contributed by atoms with E-state index in [1.165, 1.54) is 0 Å². The molecule has 1 heterocycles. The third kappa shape index (κ3) is 8.41. The molecule has 0 aliphatic carbocycles. The molecule has 1 aromatic rings. The Morgan fingerprint density at radius 2 is 1.82 bits per heavy atom. The number of hydrogen-bond donors (Lipinski definition) is 1. The minimum Gasteiger partial charge on any atom is -1.00 e. The average molecular weight is 674 g/mol. The second-order valence-electron chi connectivity index (χ2n) is 1.40. The quantitative estimate of drug-likeness (QED) is 0.222. The van der Waals surface area contributed by atoms with Gasteiger partial charge in [0.15, 0.2) is 0 Å². The number of nitrogens with zero attached hydrogens (tertiary/aromatic N) is 1. The first-order valence-corrected chi connectivity index (χ1v) is 3.24. The third-order valence-electron chi connectivity index (χ3n) is 0.750. The van der Waals surface area contributed by atoms with Crippen molar-refractivity contribution < 1.29 is 75.6 Å². The summed E-state index contributed by atoms with van der Waals surface area (Å²) < 4.78 is 1.11. The number of aromatic nitrogens is 1. The molecule has 2 N–H and O–H groups in total. The zero-order valence-electron chi connectivity index (χ0n) is 5.60. The Bertz CT molecular complexity index is 159. The van der Waals surface area contributed by atoms with Gasteiger partial charge in [-0.05, 0) is 34.7 Å². The van der Waals surface area contributed by atoms with Gasteiger partial charge in [-0.3, -0.25) is 0 Å². The number of nitrogens with two attached hydrogens (primary N) is 1. The van der Waals surface area contributed by atoms with E-state index in [0.29, 0.717) is 5.82 Å². The van der Waals surface area contributed by atoms with Gasteiger partial charge in [0.2, 0.25) is 0 Å². The standard InChI is InChI=1S/C5H5IN2.Hg.2HI/c6-4-1-2-5(7)8-3-4;;;/h1-3H,(H2,7,8);;2*1H/q;+2;;/p-2. The van der Waals surface area contributed by atoms with Gasteiger partial charge in [-0.1, -0.05) is 0 Å². The molecule has 0 aliphatic heterocycles. The van der Waals surface area contributed by atoms with E-state index >= 15 is 0 Å². The van der Waals surface area contributed by atoms with Gasteiger partial charge in [0.25, 0.3) is 0 Å². The van der Waals surface area contributed by atoms with E-state index < -0.39 is 0 Å². The Morgan fingerprint density at radius 3 is 2.09 bits per heavy atom. The first-order chi connectivity index (χ1) is 3.79. The Kier molecular flexibility index (Phi) is 17.3. The van der Waals surface area contributed by atoms with E-state index in [4.69, 9.17) is 5.73 Å². The van der Waals surface area contributed by atoms with Crippen molar-refractivity contribution in [2.45, 2.75) is 0 Å². The van der Waals surface area contributed by atoms with Crippen molar-refractivity contribution >= 4 is 28.4 Å². The van der Waals surface area contributed by atoms with Crippen LogP contribution < -0.4 is 53.7 Å². The molecule has 0 amide bonds. The fraction of sp³-hybridized carbons (Fsp3) is 0. The smallest absolute Gasteiger partial charge is 1.00 e. The molecule has 2 nitrogen and oxygen atoms in total. The summed E-state index contributed by atoms with van der Waals surface area (Å²) in [6.45, 7) is 0. The first-order valence-electron chi connectivity index (χ1n) is 2.16. The molecule has 58 valence electrons. The van der Waals surface area contributed by atoms with Crippen LogP contribution in [0, 0.1) is 3.57 Å². The molecule has 0 aromatic carbocycles. The predicted octanol–water partition coefficient (Wildman–Crippen LogP) is -4.73. The van der Waals surface area contributed by atoms with Gasteiger partial charge in [-0.2, -0.15) is 0 Å². The van der Waals surface area contributed by atoms with Gasteiger partial charge >= 0.3 is 27.7 Å². The molecule has 0 saturated heterocycles. The van der Waals surface area contributed by atoms with Crippen molar-refractivity contribution in [2.75, 3.05) is 5.73 Å². The number of anilines is 1. The van der Waals surface area contributed by atoms with Gasteiger partial charge in [0.05, 0.1) is 0 Å². The largest absolute Gasteiger partial charge is 2.00 e. The maximum Gasteiger partial charge on any atom is 2.00 e. The molecule has 0 unspecified atom stereocenters. The molecule has 6 heteroatoms. The van der Waals surface area contributed by atoms with Gasteiger partial charge in [0.1, 0.15) is 5.82 Å². The normalized spacial score (nSPS) is 6.64. The van der Waals surface area contributed by atoms with Crippen LogP contribution in [0.3, 0.4) is 0 Å². The summed E-state index contributed by atoms with van der Waals surface area (Å²) in [5.41, 5.74) is 5.31. The van der Waals surface area contributed by atoms with Crippen molar-refractivity contribution in [2.24, 2.45) is 0 Å². The molecular formula is C5H5HgI3N2. The Balaban J connectivity index is -0.000000213. The molecule has 0 saturated carbocycles. The maximum absolute atomic E-state index is 5.31. The molecule has 0 fully saturated rings.